The Labute approximate surface area is 92.8 Å². The molecule has 0 aliphatic heterocycles. The lowest BCUT2D eigenvalue weighted by atomic mass is 9.92. The third kappa shape index (κ3) is 3.44. The Morgan fingerprint density at radius 1 is 0.733 bits per heavy atom. The first-order valence-electron chi connectivity index (χ1n) is 6.76. The fraction of sp³-hybridized carbons (Fsp3) is 1.00. The first-order valence-corrected chi connectivity index (χ1v) is 6.76. The molecule has 2 heteroatoms. The first kappa shape index (κ1) is 11.4. The lowest BCUT2D eigenvalue weighted by molar-refractivity contribution is 0.174. The van der Waals surface area contributed by atoms with E-state index in [2.05, 4.69) is 5.32 Å². The molecule has 15 heavy (non-hydrogen) atoms. The summed E-state index contributed by atoms with van der Waals surface area (Å²) in [5.41, 5.74) is 0. The van der Waals surface area contributed by atoms with Crippen molar-refractivity contribution >= 4 is 0 Å². The fourth-order valence-corrected chi connectivity index (χ4v) is 3.02. The molecule has 0 amide bonds. The highest BCUT2D eigenvalue weighted by molar-refractivity contribution is 4.84. The number of nitrogens with one attached hydrogen (secondary N) is 1. The fourth-order valence-electron chi connectivity index (χ4n) is 3.02. The predicted molar refractivity (Wildman–Crippen MR) is 61.8 cm³/mol. The zero-order chi connectivity index (χ0) is 10.5. The van der Waals surface area contributed by atoms with Gasteiger partial charge in [-0.3, -0.25) is 0 Å². The molecular weight excluding hydrogens is 189 g/mol. The molecule has 2 aliphatic rings. The van der Waals surface area contributed by atoms with E-state index in [0.717, 1.165) is 19.3 Å². The highest BCUT2D eigenvalue weighted by atomic mass is 19.1. The van der Waals surface area contributed by atoms with Gasteiger partial charge in [0.05, 0.1) is 0 Å². The van der Waals surface area contributed by atoms with Crippen LogP contribution in [0.1, 0.15) is 64.2 Å². The van der Waals surface area contributed by atoms with Gasteiger partial charge >= 0.3 is 0 Å². The molecule has 2 saturated carbocycles. The van der Waals surface area contributed by atoms with Gasteiger partial charge in [0.25, 0.3) is 0 Å². The molecule has 0 heterocycles. The second kappa shape index (κ2) is 5.83. The minimum absolute atomic E-state index is 0.168. The Bertz CT molecular complexity index is 175. The van der Waals surface area contributed by atoms with Crippen molar-refractivity contribution in [2.24, 2.45) is 0 Å². The van der Waals surface area contributed by atoms with Crippen LogP contribution in [0.3, 0.4) is 0 Å². The van der Waals surface area contributed by atoms with Gasteiger partial charge in [-0.1, -0.05) is 38.5 Å². The second-order valence-electron chi connectivity index (χ2n) is 5.26. The number of rotatable bonds is 2. The molecular formula is C13H24FN. The van der Waals surface area contributed by atoms with Crippen LogP contribution < -0.4 is 5.32 Å². The van der Waals surface area contributed by atoms with Gasteiger partial charge in [0.15, 0.2) is 0 Å². The molecule has 0 radical (unpaired) electrons. The van der Waals surface area contributed by atoms with Gasteiger partial charge in [0.2, 0.25) is 0 Å². The quantitative estimate of drug-likeness (QED) is 0.691. The Morgan fingerprint density at radius 2 is 1.33 bits per heavy atom. The van der Waals surface area contributed by atoms with Crippen LogP contribution in [0.25, 0.3) is 0 Å². The van der Waals surface area contributed by atoms with E-state index in [9.17, 15) is 4.39 Å². The standard InChI is InChI=1S/C13H24FN/c14-12-9-5-6-10-13(12)15-11-7-3-1-2-4-8-11/h11-13,15H,1-10H2/t12-,13-/m1/s1. The number of hydrogen-bond acceptors (Lipinski definition) is 1. The van der Waals surface area contributed by atoms with E-state index in [1.807, 2.05) is 0 Å². The van der Waals surface area contributed by atoms with Gasteiger partial charge < -0.3 is 5.32 Å². The molecule has 0 bridgehead atoms. The summed E-state index contributed by atoms with van der Waals surface area (Å²) in [6.45, 7) is 0. The first-order chi connectivity index (χ1) is 7.36. The molecule has 0 aromatic carbocycles. The average molecular weight is 213 g/mol. The zero-order valence-corrected chi connectivity index (χ0v) is 9.68. The summed E-state index contributed by atoms with van der Waals surface area (Å²) in [6, 6.07) is 0.774. The summed E-state index contributed by atoms with van der Waals surface area (Å²) in [6.07, 6.45) is 11.5. The summed E-state index contributed by atoms with van der Waals surface area (Å²) in [7, 11) is 0. The number of halogens is 1. The van der Waals surface area contributed by atoms with Gasteiger partial charge in [0, 0.05) is 12.1 Å². The maximum absolute atomic E-state index is 13.6. The molecule has 1 N–H and O–H groups in total. The largest absolute Gasteiger partial charge is 0.308 e. The number of alkyl halides is 1. The van der Waals surface area contributed by atoms with Crippen molar-refractivity contribution in [1.29, 1.82) is 0 Å². The van der Waals surface area contributed by atoms with Crippen LogP contribution in [0.4, 0.5) is 4.39 Å². The molecule has 0 aromatic rings. The second-order valence-corrected chi connectivity index (χ2v) is 5.26. The van der Waals surface area contributed by atoms with Crippen molar-refractivity contribution in [2.45, 2.75) is 82.5 Å². The van der Waals surface area contributed by atoms with Crippen molar-refractivity contribution < 1.29 is 4.39 Å². The Hall–Kier alpha value is -0.110. The summed E-state index contributed by atoms with van der Waals surface area (Å²) in [4.78, 5) is 0. The predicted octanol–water partition coefficient (Wildman–Crippen LogP) is 3.58. The Balaban J connectivity index is 1.78. The lowest BCUT2D eigenvalue weighted by Gasteiger charge is -2.30. The van der Waals surface area contributed by atoms with Gasteiger partial charge in [-0.15, -0.1) is 0 Å². The summed E-state index contributed by atoms with van der Waals surface area (Å²) < 4.78 is 13.6. The van der Waals surface area contributed by atoms with Crippen LogP contribution in [0.5, 0.6) is 0 Å². The van der Waals surface area contributed by atoms with E-state index < -0.39 is 6.17 Å². The van der Waals surface area contributed by atoms with E-state index in [1.54, 1.807) is 0 Å². The molecule has 0 unspecified atom stereocenters. The Kier molecular flexibility index (Phi) is 4.42. The van der Waals surface area contributed by atoms with E-state index >= 15 is 0 Å². The smallest absolute Gasteiger partial charge is 0.115 e. The average Bonchev–Trinajstić information content (AvgIpc) is 2.50. The molecule has 0 aromatic heterocycles. The summed E-state index contributed by atoms with van der Waals surface area (Å²) in [5.74, 6) is 0. The minimum atomic E-state index is -0.581. The molecule has 2 rings (SSSR count). The third-order valence-corrected chi connectivity index (χ3v) is 3.99. The molecule has 2 atom stereocenters. The van der Waals surface area contributed by atoms with E-state index in [1.165, 1.54) is 44.9 Å². The topological polar surface area (TPSA) is 12.0 Å². The monoisotopic (exact) mass is 213 g/mol. The zero-order valence-electron chi connectivity index (χ0n) is 9.68. The van der Waals surface area contributed by atoms with Crippen LogP contribution in [0, 0.1) is 0 Å². The molecule has 2 fully saturated rings. The number of hydrogen-bond donors (Lipinski definition) is 1. The highest BCUT2D eigenvalue weighted by Gasteiger charge is 2.26. The van der Waals surface area contributed by atoms with Crippen molar-refractivity contribution in [3.05, 3.63) is 0 Å². The van der Waals surface area contributed by atoms with Crippen molar-refractivity contribution in [3.63, 3.8) is 0 Å². The molecule has 0 saturated heterocycles. The normalized spacial score (nSPS) is 35.0. The molecule has 2 aliphatic carbocycles. The molecule has 0 spiro atoms. The summed E-state index contributed by atoms with van der Waals surface area (Å²) >= 11 is 0. The van der Waals surface area contributed by atoms with Gasteiger partial charge in [0.1, 0.15) is 6.17 Å². The van der Waals surface area contributed by atoms with E-state index in [0.29, 0.717) is 6.04 Å². The third-order valence-electron chi connectivity index (χ3n) is 3.99. The van der Waals surface area contributed by atoms with Crippen LogP contribution >= 0.6 is 0 Å². The van der Waals surface area contributed by atoms with Crippen molar-refractivity contribution in [3.8, 4) is 0 Å². The maximum Gasteiger partial charge on any atom is 0.115 e. The summed E-state index contributed by atoms with van der Waals surface area (Å²) in [5, 5.41) is 3.57. The van der Waals surface area contributed by atoms with Crippen molar-refractivity contribution in [2.75, 3.05) is 0 Å². The lowest BCUT2D eigenvalue weighted by Crippen LogP contribution is -2.45. The van der Waals surface area contributed by atoms with Crippen LogP contribution in [-0.2, 0) is 0 Å². The highest BCUT2D eigenvalue weighted by Crippen LogP contribution is 2.24. The van der Waals surface area contributed by atoms with Crippen LogP contribution in [-0.4, -0.2) is 18.3 Å². The minimum Gasteiger partial charge on any atom is -0.308 e. The van der Waals surface area contributed by atoms with Gasteiger partial charge in [-0.25, -0.2) is 4.39 Å². The van der Waals surface area contributed by atoms with Crippen LogP contribution in [0.2, 0.25) is 0 Å². The SMILES string of the molecule is F[C@@H]1CCCC[C@H]1NC1CCCCCC1. The van der Waals surface area contributed by atoms with Crippen LogP contribution in [0.15, 0.2) is 0 Å². The van der Waals surface area contributed by atoms with Gasteiger partial charge in [-0.2, -0.15) is 0 Å². The van der Waals surface area contributed by atoms with Gasteiger partial charge in [-0.05, 0) is 25.7 Å². The van der Waals surface area contributed by atoms with E-state index in [-0.39, 0.29) is 6.04 Å². The molecule has 88 valence electrons. The molecule has 1 nitrogen and oxygen atoms in total. The van der Waals surface area contributed by atoms with Crippen molar-refractivity contribution in [1.82, 2.24) is 5.32 Å². The van der Waals surface area contributed by atoms with E-state index in [4.69, 9.17) is 0 Å². The maximum atomic E-state index is 13.6. The Morgan fingerprint density at radius 3 is 2.00 bits per heavy atom.